The Bertz CT molecular complexity index is 1000. The van der Waals surface area contributed by atoms with Crippen LogP contribution in [0.15, 0.2) is 60.7 Å². The molecule has 0 aliphatic rings. The van der Waals surface area contributed by atoms with E-state index in [1.54, 1.807) is 20.3 Å². The molecule has 30 heavy (non-hydrogen) atoms. The summed E-state index contributed by atoms with van der Waals surface area (Å²) >= 11 is 6.40. The second-order valence-electron chi connectivity index (χ2n) is 6.39. The van der Waals surface area contributed by atoms with Crippen molar-refractivity contribution in [1.29, 1.82) is 0 Å². The summed E-state index contributed by atoms with van der Waals surface area (Å²) in [4.78, 5) is 11.7. The third-order valence-electron chi connectivity index (χ3n) is 4.42. The van der Waals surface area contributed by atoms with Gasteiger partial charge in [0.25, 0.3) is 0 Å². The number of hydrogen-bond acceptors (Lipinski definition) is 5. The fraction of sp³-hybridized carbons (Fsp3) is 0.174. The van der Waals surface area contributed by atoms with Gasteiger partial charge < -0.3 is 24.7 Å². The molecule has 0 spiro atoms. The maximum absolute atomic E-state index is 11.7. The molecule has 0 saturated heterocycles. The van der Waals surface area contributed by atoms with E-state index < -0.39 is 5.91 Å². The van der Waals surface area contributed by atoms with Crippen LogP contribution in [-0.2, 0) is 13.2 Å². The van der Waals surface area contributed by atoms with Crippen LogP contribution in [0.3, 0.4) is 0 Å². The summed E-state index contributed by atoms with van der Waals surface area (Å²) < 4.78 is 22.2. The number of halogens is 1. The van der Waals surface area contributed by atoms with Crippen molar-refractivity contribution < 1.29 is 23.7 Å². The first-order valence-corrected chi connectivity index (χ1v) is 9.53. The highest BCUT2D eigenvalue weighted by Crippen LogP contribution is 2.38. The van der Waals surface area contributed by atoms with E-state index >= 15 is 0 Å². The predicted octanol–water partition coefficient (Wildman–Crippen LogP) is 4.61. The smallest absolute Gasteiger partial charge is 0.250 e. The number of rotatable bonds is 9. The van der Waals surface area contributed by atoms with Gasteiger partial charge in [0.2, 0.25) is 5.91 Å². The molecule has 0 saturated carbocycles. The van der Waals surface area contributed by atoms with E-state index in [1.807, 2.05) is 48.5 Å². The molecule has 1 amide bonds. The summed E-state index contributed by atoms with van der Waals surface area (Å²) in [7, 11) is 3.22. The standard InChI is InChI=1S/C23H22ClNO5/c1-27-17-7-3-15(4-8-17)13-29-20-12-11-19(23(25)26)21(24)22(20)30-14-16-5-9-18(28-2)10-6-16/h3-12H,13-14H2,1-2H3,(H2,25,26). The van der Waals surface area contributed by atoms with E-state index in [0.29, 0.717) is 5.75 Å². The molecule has 3 rings (SSSR count). The molecule has 0 fully saturated rings. The van der Waals surface area contributed by atoms with E-state index in [1.165, 1.54) is 6.07 Å². The summed E-state index contributed by atoms with van der Waals surface area (Å²) in [6, 6.07) is 18.1. The molecule has 3 aromatic rings. The summed E-state index contributed by atoms with van der Waals surface area (Å²) in [6.45, 7) is 0.514. The Morgan fingerprint density at radius 1 is 0.800 bits per heavy atom. The zero-order chi connectivity index (χ0) is 21.5. The van der Waals surface area contributed by atoms with Crippen molar-refractivity contribution >= 4 is 17.5 Å². The Labute approximate surface area is 180 Å². The number of nitrogens with two attached hydrogens (primary N) is 1. The van der Waals surface area contributed by atoms with Crippen LogP contribution >= 0.6 is 11.6 Å². The number of hydrogen-bond donors (Lipinski definition) is 1. The van der Waals surface area contributed by atoms with Crippen molar-refractivity contribution in [3.05, 3.63) is 82.4 Å². The molecule has 0 aliphatic heterocycles. The van der Waals surface area contributed by atoms with Gasteiger partial charge in [-0.05, 0) is 47.5 Å². The van der Waals surface area contributed by atoms with Crippen molar-refractivity contribution in [3.63, 3.8) is 0 Å². The molecule has 156 valence electrons. The minimum Gasteiger partial charge on any atom is -0.497 e. The molecule has 7 heteroatoms. The Kier molecular flexibility index (Phi) is 7.03. The van der Waals surface area contributed by atoms with Crippen LogP contribution in [0.1, 0.15) is 21.5 Å². The molecule has 0 heterocycles. The highest BCUT2D eigenvalue weighted by molar-refractivity contribution is 6.35. The number of carbonyl (C=O) groups excluding carboxylic acids is 1. The van der Waals surface area contributed by atoms with Gasteiger partial charge in [-0.2, -0.15) is 0 Å². The Hall–Kier alpha value is -3.38. The van der Waals surface area contributed by atoms with Crippen molar-refractivity contribution in [2.24, 2.45) is 5.73 Å². The largest absolute Gasteiger partial charge is 0.497 e. The monoisotopic (exact) mass is 427 g/mol. The van der Waals surface area contributed by atoms with Gasteiger partial charge in [-0.3, -0.25) is 4.79 Å². The van der Waals surface area contributed by atoms with Crippen LogP contribution in [0.25, 0.3) is 0 Å². The molecular formula is C23H22ClNO5. The number of benzene rings is 3. The third kappa shape index (κ3) is 5.15. The molecular weight excluding hydrogens is 406 g/mol. The maximum atomic E-state index is 11.7. The molecule has 0 aliphatic carbocycles. The lowest BCUT2D eigenvalue weighted by Gasteiger charge is -2.16. The fourth-order valence-electron chi connectivity index (χ4n) is 2.74. The van der Waals surface area contributed by atoms with E-state index in [-0.39, 0.29) is 29.5 Å². The lowest BCUT2D eigenvalue weighted by molar-refractivity contribution is 0.1000. The summed E-state index contributed by atoms with van der Waals surface area (Å²) in [5.74, 6) is 1.54. The second kappa shape index (κ2) is 9.89. The van der Waals surface area contributed by atoms with Crippen LogP contribution in [0.2, 0.25) is 5.02 Å². The number of amides is 1. The highest BCUT2D eigenvalue weighted by atomic mass is 35.5. The maximum Gasteiger partial charge on any atom is 0.250 e. The van der Waals surface area contributed by atoms with Crippen molar-refractivity contribution in [2.45, 2.75) is 13.2 Å². The van der Waals surface area contributed by atoms with E-state index in [9.17, 15) is 4.79 Å². The average Bonchev–Trinajstić information content (AvgIpc) is 2.77. The van der Waals surface area contributed by atoms with Gasteiger partial charge in [0.1, 0.15) is 24.7 Å². The summed E-state index contributed by atoms with van der Waals surface area (Å²) in [5.41, 5.74) is 7.42. The Morgan fingerprint density at radius 3 is 1.77 bits per heavy atom. The molecule has 0 radical (unpaired) electrons. The topological polar surface area (TPSA) is 80.0 Å². The fourth-order valence-corrected chi connectivity index (χ4v) is 3.04. The summed E-state index contributed by atoms with van der Waals surface area (Å²) in [5, 5.41) is 0.114. The average molecular weight is 428 g/mol. The first-order valence-electron chi connectivity index (χ1n) is 9.15. The SMILES string of the molecule is COc1ccc(COc2ccc(C(N)=O)c(Cl)c2OCc2ccc(OC)cc2)cc1. The third-order valence-corrected chi connectivity index (χ3v) is 4.80. The van der Waals surface area contributed by atoms with Gasteiger partial charge >= 0.3 is 0 Å². The summed E-state index contributed by atoms with van der Waals surface area (Å²) in [6.07, 6.45) is 0. The van der Waals surface area contributed by atoms with Gasteiger partial charge in [-0.1, -0.05) is 35.9 Å². The Morgan fingerprint density at radius 2 is 1.30 bits per heavy atom. The van der Waals surface area contributed by atoms with Gasteiger partial charge in [0, 0.05) is 0 Å². The molecule has 0 unspecified atom stereocenters. The number of primary amides is 1. The molecule has 2 N–H and O–H groups in total. The number of carbonyl (C=O) groups is 1. The predicted molar refractivity (Wildman–Crippen MR) is 115 cm³/mol. The van der Waals surface area contributed by atoms with Crippen LogP contribution < -0.4 is 24.7 Å². The minimum atomic E-state index is -0.643. The minimum absolute atomic E-state index is 0.114. The van der Waals surface area contributed by atoms with E-state index in [2.05, 4.69) is 0 Å². The normalized spacial score (nSPS) is 10.4. The van der Waals surface area contributed by atoms with Crippen LogP contribution in [-0.4, -0.2) is 20.1 Å². The number of ether oxygens (including phenoxy) is 4. The van der Waals surface area contributed by atoms with Gasteiger partial charge in [0.05, 0.1) is 24.8 Å². The second-order valence-corrected chi connectivity index (χ2v) is 6.77. The van der Waals surface area contributed by atoms with Crippen molar-refractivity contribution in [2.75, 3.05) is 14.2 Å². The van der Waals surface area contributed by atoms with Crippen molar-refractivity contribution in [3.8, 4) is 23.0 Å². The molecule has 0 bridgehead atoms. The lowest BCUT2D eigenvalue weighted by atomic mass is 10.1. The zero-order valence-electron chi connectivity index (χ0n) is 16.7. The van der Waals surface area contributed by atoms with Gasteiger partial charge in [0.15, 0.2) is 11.5 Å². The Balaban J connectivity index is 1.80. The number of methoxy groups -OCH3 is 2. The molecule has 0 atom stereocenters. The van der Waals surface area contributed by atoms with Crippen molar-refractivity contribution in [1.82, 2.24) is 0 Å². The van der Waals surface area contributed by atoms with E-state index in [0.717, 1.165) is 22.6 Å². The van der Waals surface area contributed by atoms with Crippen LogP contribution in [0.5, 0.6) is 23.0 Å². The van der Waals surface area contributed by atoms with Gasteiger partial charge in [-0.25, -0.2) is 0 Å². The van der Waals surface area contributed by atoms with Crippen LogP contribution in [0.4, 0.5) is 0 Å². The highest BCUT2D eigenvalue weighted by Gasteiger charge is 2.18. The molecule has 3 aromatic carbocycles. The first kappa shape index (κ1) is 21.3. The molecule has 6 nitrogen and oxygen atoms in total. The lowest BCUT2D eigenvalue weighted by Crippen LogP contribution is -2.12. The van der Waals surface area contributed by atoms with Crippen LogP contribution in [0, 0.1) is 0 Å². The zero-order valence-corrected chi connectivity index (χ0v) is 17.4. The van der Waals surface area contributed by atoms with Gasteiger partial charge in [-0.15, -0.1) is 0 Å². The molecule has 0 aromatic heterocycles. The first-order chi connectivity index (χ1) is 14.5. The van der Waals surface area contributed by atoms with E-state index in [4.69, 9.17) is 36.3 Å². The quantitative estimate of drug-likeness (QED) is 0.539.